The molecule has 222 valence electrons. The Hall–Kier alpha value is -3.60. The molecule has 0 aromatic heterocycles. The summed E-state index contributed by atoms with van der Waals surface area (Å²) < 4.78 is 38.4. The van der Waals surface area contributed by atoms with Crippen LogP contribution in [-0.4, -0.2) is 83.9 Å². The Labute approximate surface area is 248 Å². The van der Waals surface area contributed by atoms with Gasteiger partial charge in [0.05, 0.1) is 5.56 Å². The third kappa shape index (κ3) is 7.81. The summed E-state index contributed by atoms with van der Waals surface area (Å²) in [5.41, 5.74) is 2.40. The molecule has 7 nitrogen and oxygen atoms in total. The van der Waals surface area contributed by atoms with Gasteiger partial charge in [0.15, 0.2) is 0 Å². The summed E-state index contributed by atoms with van der Waals surface area (Å²) in [7, 11) is 0. The van der Waals surface area contributed by atoms with Crippen molar-refractivity contribution in [3.05, 3.63) is 100 Å². The van der Waals surface area contributed by atoms with Gasteiger partial charge in [-0.3, -0.25) is 14.6 Å². The van der Waals surface area contributed by atoms with Gasteiger partial charge in [-0.2, -0.15) is 13.2 Å². The first kappa shape index (κ1) is 29.9. The van der Waals surface area contributed by atoms with Gasteiger partial charge in [-0.1, -0.05) is 41.9 Å². The van der Waals surface area contributed by atoms with E-state index in [-0.39, 0.29) is 11.9 Å². The molecule has 2 aliphatic heterocycles. The summed E-state index contributed by atoms with van der Waals surface area (Å²) in [4.78, 5) is 34.1. The lowest BCUT2D eigenvalue weighted by Gasteiger charge is -2.35. The van der Waals surface area contributed by atoms with Crippen LogP contribution in [0.5, 0.6) is 0 Å². The minimum absolute atomic E-state index is 0.0610. The number of amides is 3. The molecular formula is C31H33ClF3N5O2. The van der Waals surface area contributed by atoms with E-state index in [1.165, 1.54) is 17.7 Å². The fourth-order valence-corrected chi connectivity index (χ4v) is 5.36. The van der Waals surface area contributed by atoms with Gasteiger partial charge >= 0.3 is 12.2 Å². The lowest BCUT2D eigenvalue weighted by Crippen LogP contribution is -2.49. The van der Waals surface area contributed by atoms with Crippen LogP contribution in [0.1, 0.15) is 27.0 Å². The second kappa shape index (κ2) is 13.1. The predicted octanol–water partition coefficient (Wildman–Crippen LogP) is 5.67. The lowest BCUT2D eigenvalue weighted by atomic mass is 10.1. The van der Waals surface area contributed by atoms with E-state index in [0.717, 1.165) is 37.3 Å². The van der Waals surface area contributed by atoms with E-state index in [1.54, 1.807) is 29.2 Å². The van der Waals surface area contributed by atoms with E-state index in [4.69, 9.17) is 11.6 Å². The van der Waals surface area contributed by atoms with Crippen LogP contribution in [0, 0.1) is 0 Å². The first-order valence-electron chi connectivity index (χ1n) is 13.9. The van der Waals surface area contributed by atoms with Crippen LogP contribution in [-0.2, 0) is 19.3 Å². The van der Waals surface area contributed by atoms with Crippen molar-refractivity contribution in [1.29, 1.82) is 0 Å². The number of urea groups is 1. The Morgan fingerprint density at radius 2 is 1.24 bits per heavy atom. The highest BCUT2D eigenvalue weighted by Gasteiger charge is 2.30. The molecule has 3 aromatic carbocycles. The number of alkyl halides is 3. The van der Waals surface area contributed by atoms with E-state index in [2.05, 4.69) is 15.1 Å². The SMILES string of the molecule is O=C(Nc1cccc(C(=O)N2CCN(Cc3ccc(Cl)cc3)CC2)c1)N1CCN(Cc2ccc(C(F)(F)F)cc2)CC1. The van der Waals surface area contributed by atoms with Crippen LogP contribution in [0.4, 0.5) is 23.7 Å². The molecule has 5 rings (SSSR count). The summed E-state index contributed by atoms with van der Waals surface area (Å²) in [6.45, 7) is 6.33. The van der Waals surface area contributed by atoms with Crippen LogP contribution < -0.4 is 5.32 Å². The highest BCUT2D eigenvalue weighted by atomic mass is 35.5. The maximum Gasteiger partial charge on any atom is 0.416 e. The number of hydrogen-bond acceptors (Lipinski definition) is 4. The van der Waals surface area contributed by atoms with Crippen molar-refractivity contribution in [3.63, 3.8) is 0 Å². The van der Waals surface area contributed by atoms with Crippen molar-refractivity contribution in [1.82, 2.24) is 19.6 Å². The molecule has 0 bridgehead atoms. The number of nitrogens with zero attached hydrogens (tertiary/aromatic N) is 4. The van der Waals surface area contributed by atoms with Crippen LogP contribution >= 0.6 is 11.6 Å². The molecule has 0 saturated carbocycles. The molecule has 42 heavy (non-hydrogen) atoms. The van der Waals surface area contributed by atoms with Gasteiger partial charge < -0.3 is 15.1 Å². The third-order valence-electron chi connectivity index (χ3n) is 7.69. The van der Waals surface area contributed by atoms with Gasteiger partial charge in [0.25, 0.3) is 5.91 Å². The Morgan fingerprint density at radius 1 is 0.714 bits per heavy atom. The van der Waals surface area contributed by atoms with Crippen molar-refractivity contribution >= 4 is 29.2 Å². The average molecular weight is 600 g/mol. The van der Waals surface area contributed by atoms with E-state index in [0.29, 0.717) is 62.1 Å². The maximum atomic E-state index is 13.2. The summed E-state index contributed by atoms with van der Waals surface area (Å²) in [6.07, 6.45) is -4.35. The zero-order chi connectivity index (χ0) is 29.7. The first-order chi connectivity index (χ1) is 20.1. The van der Waals surface area contributed by atoms with Crippen molar-refractivity contribution in [2.24, 2.45) is 0 Å². The molecule has 2 aliphatic rings. The molecule has 11 heteroatoms. The van der Waals surface area contributed by atoms with Gasteiger partial charge in [0.1, 0.15) is 0 Å². The number of carbonyl (C=O) groups excluding carboxylic acids is 2. The van der Waals surface area contributed by atoms with E-state index in [1.807, 2.05) is 29.2 Å². The fourth-order valence-electron chi connectivity index (χ4n) is 5.24. The number of carbonyl (C=O) groups is 2. The van der Waals surface area contributed by atoms with E-state index in [9.17, 15) is 22.8 Å². The van der Waals surface area contributed by atoms with Gasteiger partial charge in [-0.05, 0) is 53.6 Å². The highest BCUT2D eigenvalue weighted by molar-refractivity contribution is 6.30. The van der Waals surface area contributed by atoms with Crippen molar-refractivity contribution in [2.45, 2.75) is 19.3 Å². The van der Waals surface area contributed by atoms with Gasteiger partial charge in [-0.25, -0.2) is 4.79 Å². The third-order valence-corrected chi connectivity index (χ3v) is 7.94. The second-order valence-corrected chi connectivity index (χ2v) is 11.1. The number of nitrogens with one attached hydrogen (secondary N) is 1. The van der Waals surface area contributed by atoms with Crippen molar-refractivity contribution in [2.75, 3.05) is 57.7 Å². The van der Waals surface area contributed by atoms with Crippen LogP contribution in [0.25, 0.3) is 0 Å². The summed E-state index contributed by atoms with van der Waals surface area (Å²) in [5, 5.41) is 3.62. The summed E-state index contributed by atoms with van der Waals surface area (Å²) >= 11 is 5.98. The van der Waals surface area contributed by atoms with Gasteiger partial charge in [0.2, 0.25) is 0 Å². The van der Waals surface area contributed by atoms with Crippen molar-refractivity contribution < 1.29 is 22.8 Å². The lowest BCUT2D eigenvalue weighted by molar-refractivity contribution is -0.137. The Bertz CT molecular complexity index is 1370. The van der Waals surface area contributed by atoms with Gasteiger partial charge in [0, 0.05) is 81.7 Å². The molecule has 0 spiro atoms. The minimum atomic E-state index is -4.35. The standard InChI is InChI=1S/C31H33ClF3N5O2/c32-27-10-6-24(7-11-27)22-37-12-16-39(17-13-37)29(41)25-2-1-3-28(20-25)36-30(42)40-18-14-38(15-19-40)21-23-4-8-26(9-5-23)31(33,34)35/h1-11,20H,12-19,21-22H2,(H,36,42). The number of hydrogen-bond donors (Lipinski definition) is 1. The monoisotopic (exact) mass is 599 g/mol. The Balaban J connectivity index is 1.08. The zero-order valence-corrected chi connectivity index (χ0v) is 23.9. The van der Waals surface area contributed by atoms with E-state index < -0.39 is 11.7 Å². The highest BCUT2D eigenvalue weighted by Crippen LogP contribution is 2.29. The molecule has 3 amide bonds. The molecular weight excluding hydrogens is 567 g/mol. The number of benzene rings is 3. The smallest absolute Gasteiger partial charge is 0.336 e. The molecule has 0 unspecified atom stereocenters. The number of rotatable bonds is 6. The predicted molar refractivity (Wildman–Crippen MR) is 156 cm³/mol. The fraction of sp³-hybridized carbons (Fsp3) is 0.355. The molecule has 2 heterocycles. The van der Waals surface area contributed by atoms with Crippen LogP contribution in [0.15, 0.2) is 72.8 Å². The Kier molecular flexibility index (Phi) is 9.35. The largest absolute Gasteiger partial charge is 0.416 e. The molecule has 2 fully saturated rings. The zero-order valence-electron chi connectivity index (χ0n) is 23.1. The normalized spacial score (nSPS) is 16.9. The van der Waals surface area contributed by atoms with Gasteiger partial charge in [-0.15, -0.1) is 0 Å². The van der Waals surface area contributed by atoms with Crippen LogP contribution in [0.2, 0.25) is 5.02 Å². The molecule has 2 saturated heterocycles. The average Bonchev–Trinajstić information content (AvgIpc) is 2.99. The topological polar surface area (TPSA) is 59.1 Å². The van der Waals surface area contributed by atoms with E-state index >= 15 is 0 Å². The second-order valence-electron chi connectivity index (χ2n) is 10.7. The maximum absolute atomic E-state index is 13.2. The molecule has 0 radical (unpaired) electrons. The molecule has 1 N–H and O–H groups in total. The minimum Gasteiger partial charge on any atom is -0.336 e. The summed E-state index contributed by atoms with van der Waals surface area (Å²) in [6, 6.07) is 19.7. The number of anilines is 1. The number of halogens is 4. The van der Waals surface area contributed by atoms with Crippen molar-refractivity contribution in [3.8, 4) is 0 Å². The number of piperazine rings is 2. The summed E-state index contributed by atoms with van der Waals surface area (Å²) in [5.74, 6) is -0.0610. The quantitative estimate of drug-likeness (QED) is 0.397. The Morgan fingerprint density at radius 3 is 1.79 bits per heavy atom. The molecule has 3 aromatic rings. The molecule has 0 atom stereocenters. The first-order valence-corrected chi connectivity index (χ1v) is 14.3. The van der Waals surface area contributed by atoms with Crippen LogP contribution in [0.3, 0.4) is 0 Å². The molecule has 0 aliphatic carbocycles.